The average molecular weight is 410 g/mol. The first-order chi connectivity index (χ1) is 14.2. The summed E-state index contributed by atoms with van der Waals surface area (Å²) in [6.45, 7) is 2.82. The van der Waals surface area contributed by atoms with Gasteiger partial charge in [-0.2, -0.15) is 0 Å². The van der Waals surface area contributed by atoms with Crippen LogP contribution in [-0.2, 0) is 13.0 Å². The Labute approximate surface area is 175 Å². The fourth-order valence-corrected chi connectivity index (χ4v) is 3.92. The van der Waals surface area contributed by atoms with Gasteiger partial charge in [0.2, 0.25) is 0 Å². The SMILES string of the molecule is CCCCc1nc2c(Cl)nc3ccccc3c2n1Cc1ccc(OC)cc1OC. The molecule has 29 heavy (non-hydrogen) atoms. The molecule has 2 aromatic heterocycles. The van der Waals surface area contributed by atoms with E-state index in [1.54, 1.807) is 14.2 Å². The number of methoxy groups -OCH3 is 2. The molecule has 0 spiro atoms. The molecule has 4 rings (SSSR count). The van der Waals surface area contributed by atoms with Gasteiger partial charge in [0.25, 0.3) is 0 Å². The quantitative estimate of drug-likeness (QED) is 0.370. The van der Waals surface area contributed by atoms with E-state index < -0.39 is 0 Å². The van der Waals surface area contributed by atoms with Gasteiger partial charge in [0.05, 0.1) is 31.8 Å². The minimum Gasteiger partial charge on any atom is -0.497 e. The predicted octanol–water partition coefficient (Wildman–Crippen LogP) is 5.65. The molecule has 6 heteroatoms. The molecule has 0 aliphatic carbocycles. The van der Waals surface area contributed by atoms with Crippen molar-refractivity contribution in [2.45, 2.75) is 32.7 Å². The second-order valence-electron chi connectivity index (χ2n) is 7.01. The van der Waals surface area contributed by atoms with Crippen molar-refractivity contribution in [3.05, 3.63) is 59.0 Å². The van der Waals surface area contributed by atoms with Gasteiger partial charge >= 0.3 is 0 Å². The molecule has 0 bridgehead atoms. The van der Waals surface area contributed by atoms with Gasteiger partial charge < -0.3 is 14.0 Å². The lowest BCUT2D eigenvalue weighted by Crippen LogP contribution is -2.07. The number of rotatable bonds is 7. The summed E-state index contributed by atoms with van der Waals surface area (Å²) in [5.74, 6) is 2.57. The molecule has 2 aromatic carbocycles. The van der Waals surface area contributed by atoms with E-state index in [4.69, 9.17) is 26.1 Å². The summed E-state index contributed by atoms with van der Waals surface area (Å²) in [6, 6.07) is 14.0. The third-order valence-corrected chi connectivity index (χ3v) is 5.46. The van der Waals surface area contributed by atoms with Gasteiger partial charge in [-0.3, -0.25) is 0 Å². The molecule has 0 amide bonds. The second-order valence-corrected chi connectivity index (χ2v) is 7.37. The van der Waals surface area contributed by atoms with Crippen molar-refractivity contribution in [3.8, 4) is 11.5 Å². The van der Waals surface area contributed by atoms with Crippen molar-refractivity contribution in [2.24, 2.45) is 0 Å². The lowest BCUT2D eigenvalue weighted by atomic mass is 10.1. The number of benzene rings is 2. The lowest BCUT2D eigenvalue weighted by molar-refractivity contribution is 0.390. The fourth-order valence-electron chi connectivity index (χ4n) is 3.70. The highest BCUT2D eigenvalue weighted by molar-refractivity contribution is 6.35. The second kappa shape index (κ2) is 8.29. The third-order valence-electron chi connectivity index (χ3n) is 5.20. The van der Waals surface area contributed by atoms with Crippen LogP contribution in [0.15, 0.2) is 42.5 Å². The number of hydrogen-bond donors (Lipinski definition) is 0. The molecule has 0 radical (unpaired) electrons. The topological polar surface area (TPSA) is 49.2 Å². The zero-order valence-electron chi connectivity index (χ0n) is 16.9. The Balaban J connectivity index is 1.94. The molecule has 0 aliphatic rings. The molecule has 150 valence electrons. The number of nitrogens with zero attached hydrogens (tertiary/aromatic N) is 3. The van der Waals surface area contributed by atoms with Gasteiger partial charge in [-0.05, 0) is 24.6 Å². The van der Waals surface area contributed by atoms with Crippen molar-refractivity contribution in [1.82, 2.24) is 14.5 Å². The van der Waals surface area contributed by atoms with Crippen LogP contribution in [0.1, 0.15) is 31.2 Å². The van der Waals surface area contributed by atoms with E-state index in [1.807, 2.05) is 36.4 Å². The molecule has 0 unspecified atom stereocenters. The van der Waals surface area contributed by atoms with Gasteiger partial charge in [0.1, 0.15) is 22.8 Å². The molecule has 0 atom stereocenters. The van der Waals surface area contributed by atoms with Crippen LogP contribution in [0, 0.1) is 0 Å². The summed E-state index contributed by atoms with van der Waals surface area (Å²) in [4.78, 5) is 9.44. The van der Waals surface area contributed by atoms with E-state index in [1.165, 1.54) is 0 Å². The van der Waals surface area contributed by atoms with E-state index in [2.05, 4.69) is 22.5 Å². The molecular formula is C23H24ClN3O2. The maximum Gasteiger partial charge on any atom is 0.157 e. The van der Waals surface area contributed by atoms with Crippen molar-refractivity contribution in [2.75, 3.05) is 14.2 Å². The first-order valence-electron chi connectivity index (χ1n) is 9.80. The lowest BCUT2D eigenvalue weighted by Gasteiger charge is -2.14. The molecule has 0 saturated heterocycles. The molecule has 5 nitrogen and oxygen atoms in total. The minimum atomic E-state index is 0.442. The van der Waals surface area contributed by atoms with E-state index in [9.17, 15) is 0 Å². The number of imidazole rings is 1. The monoisotopic (exact) mass is 409 g/mol. The van der Waals surface area contributed by atoms with Crippen molar-refractivity contribution >= 4 is 33.5 Å². The molecule has 0 N–H and O–H groups in total. The summed E-state index contributed by atoms with van der Waals surface area (Å²) >= 11 is 6.53. The first-order valence-corrected chi connectivity index (χ1v) is 10.2. The standard InChI is InChI=1S/C23H24ClN3O2/c1-4-5-10-20-26-21-22(17-8-6-7-9-18(17)25-23(21)24)27(20)14-15-11-12-16(28-2)13-19(15)29-3/h6-9,11-13H,4-5,10,14H2,1-3H3. The Morgan fingerprint density at radius 3 is 2.62 bits per heavy atom. The highest BCUT2D eigenvalue weighted by Crippen LogP contribution is 2.33. The summed E-state index contributed by atoms with van der Waals surface area (Å²) in [6.07, 6.45) is 3.04. The van der Waals surface area contributed by atoms with Gasteiger partial charge in [-0.15, -0.1) is 0 Å². The van der Waals surface area contributed by atoms with Crippen molar-refractivity contribution < 1.29 is 9.47 Å². The van der Waals surface area contributed by atoms with Gasteiger partial charge in [-0.1, -0.05) is 43.1 Å². The smallest absolute Gasteiger partial charge is 0.157 e. The van der Waals surface area contributed by atoms with E-state index in [-0.39, 0.29) is 0 Å². The van der Waals surface area contributed by atoms with Crippen LogP contribution in [0.4, 0.5) is 0 Å². The summed E-state index contributed by atoms with van der Waals surface area (Å²) in [5, 5.41) is 1.49. The van der Waals surface area contributed by atoms with E-state index >= 15 is 0 Å². The predicted molar refractivity (Wildman–Crippen MR) is 117 cm³/mol. The van der Waals surface area contributed by atoms with Crippen molar-refractivity contribution in [1.29, 1.82) is 0 Å². The van der Waals surface area contributed by atoms with Crippen molar-refractivity contribution in [3.63, 3.8) is 0 Å². The highest BCUT2D eigenvalue weighted by Gasteiger charge is 2.19. The largest absolute Gasteiger partial charge is 0.497 e. The normalized spacial score (nSPS) is 11.3. The maximum absolute atomic E-state index is 6.53. The zero-order valence-corrected chi connectivity index (χ0v) is 17.7. The number of hydrogen-bond acceptors (Lipinski definition) is 4. The van der Waals surface area contributed by atoms with Gasteiger partial charge in [0, 0.05) is 23.4 Å². The van der Waals surface area contributed by atoms with Crippen LogP contribution < -0.4 is 9.47 Å². The number of halogens is 1. The molecule has 0 fully saturated rings. The van der Waals surface area contributed by atoms with Crippen LogP contribution in [0.25, 0.3) is 21.9 Å². The highest BCUT2D eigenvalue weighted by atomic mass is 35.5. The van der Waals surface area contributed by atoms with Crippen LogP contribution in [0.3, 0.4) is 0 Å². The number of aryl methyl sites for hydroxylation is 1. The van der Waals surface area contributed by atoms with Crippen LogP contribution in [0.5, 0.6) is 11.5 Å². The molecule has 0 aliphatic heterocycles. The molecule has 4 aromatic rings. The minimum absolute atomic E-state index is 0.442. The van der Waals surface area contributed by atoms with Crippen LogP contribution in [0.2, 0.25) is 5.15 Å². The number of pyridine rings is 1. The first kappa shape index (κ1) is 19.5. The summed E-state index contributed by atoms with van der Waals surface area (Å²) in [7, 11) is 3.33. The Morgan fingerprint density at radius 2 is 1.86 bits per heavy atom. The fraction of sp³-hybridized carbons (Fsp3) is 0.304. The van der Waals surface area contributed by atoms with Gasteiger partial charge in [-0.25, -0.2) is 9.97 Å². The van der Waals surface area contributed by atoms with E-state index in [0.717, 1.165) is 64.1 Å². The summed E-state index contributed by atoms with van der Waals surface area (Å²) < 4.78 is 13.2. The number of unbranched alkanes of at least 4 members (excludes halogenated alkanes) is 1. The number of aromatic nitrogens is 3. The van der Waals surface area contributed by atoms with Crippen LogP contribution in [-0.4, -0.2) is 28.8 Å². The summed E-state index contributed by atoms with van der Waals surface area (Å²) in [5.41, 5.74) is 3.70. The van der Waals surface area contributed by atoms with Crippen LogP contribution >= 0.6 is 11.6 Å². The number of fused-ring (bicyclic) bond motifs is 3. The third kappa shape index (κ3) is 3.62. The molecule has 0 saturated carbocycles. The maximum atomic E-state index is 6.53. The Morgan fingerprint density at radius 1 is 1.03 bits per heavy atom. The molecule has 2 heterocycles. The average Bonchev–Trinajstić information content (AvgIpc) is 3.11. The molecular weight excluding hydrogens is 386 g/mol. The zero-order chi connectivity index (χ0) is 20.4. The number of ether oxygens (including phenoxy) is 2. The van der Waals surface area contributed by atoms with E-state index in [0.29, 0.717) is 11.7 Å². The van der Waals surface area contributed by atoms with Gasteiger partial charge in [0.15, 0.2) is 5.15 Å². The Bertz CT molecular complexity index is 1170. The Hall–Kier alpha value is -2.79. The Kier molecular flexibility index (Phi) is 5.58. The number of para-hydroxylation sites is 1.